The third-order valence-corrected chi connectivity index (χ3v) is 5.89. The van der Waals surface area contributed by atoms with Crippen LogP contribution in [-0.4, -0.2) is 0 Å². The topological polar surface area (TPSA) is 0 Å². The maximum Gasteiger partial charge on any atom is -0.00141 e. The Hall–Kier alpha value is -3.12. The van der Waals surface area contributed by atoms with Crippen molar-refractivity contribution in [1.29, 1.82) is 0 Å². The average molecular weight is 330 g/mol. The molecule has 1 aliphatic carbocycles. The second kappa shape index (κ2) is 5.19. The second-order valence-corrected chi connectivity index (χ2v) is 7.22. The van der Waals surface area contributed by atoms with E-state index in [-0.39, 0.29) is 0 Å². The molecule has 5 aromatic carbocycles. The maximum absolute atomic E-state index is 2.36. The fourth-order valence-corrected chi connectivity index (χ4v) is 4.84. The molecule has 0 nitrogen and oxygen atoms in total. The highest BCUT2D eigenvalue weighted by molar-refractivity contribution is 6.33. The molecule has 0 amide bonds. The van der Waals surface area contributed by atoms with Crippen molar-refractivity contribution in [3.05, 3.63) is 90.0 Å². The summed E-state index contributed by atoms with van der Waals surface area (Å²) in [5, 5.41) is 11.1. The predicted octanol–water partition coefficient (Wildman–Crippen LogP) is 7.26. The Morgan fingerprint density at radius 1 is 0.500 bits per heavy atom. The Balaban J connectivity index is 2.07. The molecule has 0 atom stereocenters. The van der Waals surface area contributed by atoms with Crippen LogP contribution in [0.1, 0.15) is 17.5 Å². The van der Waals surface area contributed by atoms with Gasteiger partial charge in [0.05, 0.1) is 0 Å². The molecule has 0 aliphatic heterocycles. The molecule has 1 aliphatic rings. The van der Waals surface area contributed by atoms with Crippen molar-refractivity contribution in [1.82, 2.24) is 0 Å². The molecule has 0 unspecified atom stereocenters. The molecule has 0 aromatic heterocycles. The van der Waals surface area contributed by atoms with Gasteiger partial charge in [-0.3, -0.25) is 0 Å². The van der Waals surface area contributed by atoms with Crippen LogP contribution in [0.5, 0.6) is 0 Å². The zero-order chi connectivity index (χ0) is 17.1. The van der Waals surface area contributed by atoms with E-state index in [1.165, 1.54) is 54.2 Å². The first-order chi connectivity index (χ1) is 12.9. The van der Waals surface area contributed by atoms with Gasteiger partial charge < -0.3 is 0 Å². The van der Waals surface area contributed by atoms with Crippen LogP contribution in [0.2, 0.25) is 0 Å². The zero-order valence-corrected chi connectivity index (χ0v) is 14.5. The van der Waals surface area contributed by atoms with Crippen molar-refractivity contribution in [2.24, 2.45) is 0 Å². The zero-order valence-electron chi connectivity index (χ0n) is 14.5. The molecule has 0 bridgehead atoms. The van der Waals surface area contributed by atoms with Gasteiger partial charge in [0.1, 0.15) is 0 Å². The number of rotatable bonds is 0. The monoisotopic (exact) mass is 330 g/mol. The number of hydrogen-bond acceptors (Lipinski definition) is 0. The summed E-state index contributed by atoms with van der Waals surface area (Å²) in [5.74, 6) is 0. The number of allylic oxidation sites excluding steroid dienone is 1. The smallest absolute Gasteiger partial charge is 0.00141 e. The normalized spacial score (nSPS) is 13.7. The van der Waals surface area contributed by atoms with Gasteiger partial charge in [0.15, 0.2) is 0 Å². The molecular formula is C26H18. The molecule has 122 valence electrons. The summed E-state index contributed by atoms with van der Waals surface area (Å²) < 4.78 is 0. The molecular weight excluding hydrogens is 312 g/mol. The standard InChI is InChI=1S/C26H18/c1-5-13-21-17(9-1)18-10-2-6-14-22(18)26-24-16-8-4-12-20(24)19-11-3-7-15-23(19)25(21)26/h1-3,5-11,13-16H,4,12H2. The van der Waals surface area contributed by atoms with Gasteiger partial charge in [-0.2, -0.15) is 0 Å². The van der Waals surface area contributed by atoms with Crippen molar-refractivity contribution in [3.63, 3.8) is 0 Å². The summed E-state index contributed by atoms with van der Waals surface area (Å²) >= 11 is 0. The summed E-state index contributed by atoms with van der Waals surface area (Å²) in [4.78, 5) is 0. The number of fused-ring (bicyclic) bond motifs is 11. The van der Waals surface area contributed by atoms with E-state index < -0.39 is 0 Å². The minimum Gasteiger partial charge on any atom is -0.0836 e. The molecule has 0 spiro atoms. The SMILES string of the molecule is C1=Cc2c(c3ccccc3c3c4ccccc4c4ccccc4c23)CC1. The van der Waals surface area contributed by atoms with Gasteiger partial charge in [0.2, 0.25) is 0 Å². The fraction of sp³-hybridized carbons (Fsp3) is 0.0769. The highest BCUT2D eigenvalue weighted by Crippen LogP contribution is 2.44. The largest absolute Gasteiger partial charge is 0.0836 e. The molecule has 0 heterocycles. The Bertz CT molecular complexity index is 1370. The van der Waals surface area contributed by atoms with E-state index in [0.717, 1.165) is 12.8 Å². The van der Waals surface area contributed by atoms with Crippen molar-refractivity contribution in [2.45, 2.75) is 12.8 Å². The van der Waals surface area contributed by atoms with Gasteiger partial charge in [-0.25, -0.2) is 0 Å². The van der Waals surface area contributed by atoms with Gasteiger partial charge in [0.25, 0.3) is 0 Å². The first kappa shape index (κ1) is 14.1. The maximum atomic E-state index is 2.36. The molecule has 0 N–H and O–H groups in total. The fourth-order valence-electron chi connectivity index (χ4n) is 4.84. The lowest BCUT2D eigenvalue weighted by Crippen LogP contribution is -1.99. The average Bonchev–Trinajstić information content (AvgIpc) is 2.73. The third kappa shape index (κ3) is 1.74. The summed E-state index contributed by atoms with van der Waals surface area (Å²) in [5.41, 5.74) is 2.93. The first-order valence-electron chi connectivity index (χ1n) is 9.37. The van der Waals surface area contributed by atoms with Crippen LogP contribution in [0.25, 0.3) is 49.2 Å². The molecule has 0 heteroatoms. The summed E-state index contributed by atoms with van der Waals surface area (Å²) in [7, 11) is 0. The van der Waals surface area contributed by atoms with E-state index in [1.807, 2.05) is 0 Å². The highest BCUT2D eigenvalue weighted by atomic mass is 14.2. The molecule has 0 saturated carbocycles. The lowest BCUT2D eigenvalue weighted by Gasteiger charge is -2.21. The molecule has 26 heavy (non-hydrogen) atoms. The van der Waals surface area contributed by atoms with E-state index in [2.05, 4.69) is 84.9 Å². The van der Waals surface area contributed by atoms with Crippen LogP contribution in [0.4, 0.5) is 0 Å². The van der Waals surface area contributed by atoms with Gasteiger partial charge in [-0.15, -0.1) is 0 Å². The molecule has 5 aromatic rings. The summed E-state index contributed by atoms with van der Waals surface area (Å²) in [6, 6.07) is 26.7. The molecule has 0 fully saturated rings. The third-order valence-electron chi connectivity index (χ3n) is 5.89. The van der Waals surface area contributed by atoms with Gasteiger partial charge in [-0.1, -0.05) is 84.9 Å². The quantitative estimate of drug-likeness (QED) is 0.262. The van der Waals surface area contributed by atoms with Crippen LogP contribution >= 0.6 is 0 Å². The lowest BCUT2D eigenvalue weighted by molar-refractivity contribution is 1.00. The first-order valence-corrected chi connectivity index (χ1v) is 9.37. The Labute approximate surface area is 152 Å². The van der Waals surface area contributed by atoms with Crippen LogP contribution in [0, 0.1) is 0 Å². The number of benzene rings is 5. The Kier molecular flexibility index (Phi) is 2.81. The van der Waals surface area contributed by atoms with E-state index in [0.29, 0.717) is 0 Å². The van der Waals surface area contributed by atoms with Crippen molar-refractivity contribution >= 4 is 49.2 Å². The van der Waals surface area contributed by atoms with Crippen LogP contribution in [0.15, 0.2) is 78.9 Å². The molecule has 0 saturated heterocycles. The number of aryl methyl sites for hydroxylation is 1. The highest BCUT2D eigenvalue weighted by Gasteiger charge is 2.18. The van der Waals surface area contributed by atoms with Crippen molar-refractivity contribution in [3.8, 4) is 0 Å². The number of hydrogen-bond donors (Lipinski definition) is 0. The Morgan fingerprint density at radius 2 is 1.00 bits per heavy atom. The minimum absolute atomic E-state index is 1.13. The van der Waals surface area contributed by atoms with Crippen molar-refractivity contribution < 1.29 is 0 Å². The molecule has 6 rings (SSSR count). The van der Waals surface area contributed by atoms with E-state index in [4.69, 9.17) is 0 Å². The van der Waals surface area contributed by atoms with Crippen LogP contribution in [-0.2, 0) is 6.42 Å². The van der Waals surface area contributed by atoms with Crippen molar-refractivity contribution in [2.75, 3.05) is 0 Å². The summed E-state index contributed by atoms with van der Waals surface area (Å²) in [6.45, 7) is 0. The second-order valence-electron chi connectivity index (χ2n) is 7.22. The van der Waals surface area contributed by atoms with E-state index in [9.17, 15) is 0 Å². The van der Waals surface area contributed by atoms with Gasteiger partial charge >= 0.3 is 0 Å². The van der Waals surface area contributed by atoms with E-state index >= 15 is 0 Å². The molecule has 0 radical (unpaired) electrons. The van der Waals surface area contributed by atoms with Crippen LogP contribution in [0.3, 0.4) is 0 Å². The summed E-state index contributed by atoms with van der Waals surface area (Å²) in [6.07, 6.45) is 6.95. The lowest BCUT2D eigenvalue weighted by atomic mass is 9.83. The Morgan fingerprint density at radius 3 is 1.65 bits per heavy atom. The minimum atomic E-state index is 1.13. The van der Waals surface area contributed by atoms with E-state index in [1.54, 1.807) is 0 Å². The van der Waals surface area contributed by atoms with Gasteiger partial charge in [0, 0.05) is 0 Å². The van der Waals surface area contributed by atoms with Gasteiger partial charge in [-0.05, 0) is 67.1 Å². The van der Waals surface area contributed by atoms with Crippen LogP contribution < -0.4 is 0 Å². The predicted molar refractivity (Wildman–Crippen MR) is 114 cm³/mol.